The highest BCUT2D eigenvalue weighted by atomic mass is 79.9. The molecule has 0 aliphatic heterocycles. The number of thiocarbonyl (C=S) groups is 1. The van der Waals surface area contributed by atoms with E-state index in [1.807, 2.05) is 0 Å². The summed E-state index contributed by atoms with van der Waals surface area (Å²) in [5, 5.41) is 4.53. The van der Waals surface area contributed by atoms with Gasteiger partial charge in [-0.05, 0) is 34.1 Å². The van der Waals surface area contributed by atoms with Crippen molar-refractivity contribution in [3.63, 3.8) is 0 Å². The van der Waals surface area contributed by atoms with Crippen LogP contribution in [0.1, 0.15) is 0 Å². The number of carbonyl (C=O) groups excluding carboxylic acids is 2. The molecule has 1 aromatic rings. The molecular formula is C10H9BrFN3O2S. The number of rotatable bonds is 3. The van der Waals surface area contributed by atoms with Gasteiger partial charge in [-0.1, -0.05) is 12.2 Å². The number of hydrogen-bond acceptors (Lipinski definition) is 3. The molecule has 0 aliphatic rings. The molecule has 0 radical (unpaired) electrons. The Morgan fingerprint density at radius 2 is 2.06 bits per heavy atom. The van der Waals surface area contributed by atoms with E-state index in [0.29, 0.717) is 5.69 Å². The Morgan fingerprint density at radius 3 is 2.61 bits per heavy atom. The standard InChI is InChI=1S/C10H9BrFN3O2S/c11-6-3-5(1-2-7(6)12)15-10(17)9(16)14-4-8(13)18/h1-3H,4H2,(H2,13,18)(H,14,16)(H,15,17). The fourth-order valence-corrected chi connectivity index (χ4v) is 1.46. The minimum absolute atomic E-state index is 0.0608. The summed E-state index contributed by atoms with van der Waals surface area (Å²) in [4.78, 5) is 22.8. The van der Waals surface area contributed by atoms with Crippen LogP contribution < -0.4 is 16.4 Å². The lowest BCUT2D eigenvalue weighted by molar-refractivity contribution is -0.135. The van der Waals surface area contributed by atoms with Crippen LogP contribution in [0, 0.1) is 5.82 Å². The molecule has 0 fully saturated rings. The van der Waals surface area contributed by atoms with E-state index in [4.69, 9.17) is 5.73 Å². The molecule has 8 heteroatoms. The van der Waals surface area contributed by atoms with E-state index in [1.165, 1.54) is 12.1 Å². The van der Waals surface area contributed by atoms with E-state index in [9.17, 15) is 14.0 Å². The van der Waals surface area contributed by atoms with Crippen molar-refractivity contribution >= 4 is 50.6 Å². The van der Waals surface area contributed by atoms with Gasteiger partial charge in [0.15, 0.2) is 0 Å². The molecule has 0 spiro atoms. The number of halogens is 2. The number of anilines is 1. The molecule has 0 heterocycles. The number of carbonyl (C=O) groups is 2. The average Bonchev–Trinajstić information content (AvgIpc) is 2.30. The van der Waals surface area contributed by atoms with E-state index in [0.717, 1.165) is 6.07 Å². The van der Waals surface area contributed by atoms with Gasteiger partial charge in [0, 0.05) is 5.69 Å². The molecule has 96 valence electrons. The van der Waals surface area contributed by atoms with Crippen LogP contribution in [0.2, 0.25) is 0 Å². The number of nitrogens with two attached hydrogens (primary N) is 1. The minimum Gasteiger partial charge on any atom is -0.392 e. The molecule has 0 aliphatic carbocycles. The maximum atomic E-state index is 12.9. The fraction of sp³-hybridized carbons (Fsp3) is 0.100. The third-order valence-corrected chi connectivity index (χ3v) is 2.56. The van der Waals surface area contributed by atoms with Crippen molar-refractivity contribution in [1.82, 2.24) is 5.32 Å². The molecule has 0 bridgehead atoms. The van der Waals surface area contributed by atoms with Gasteiger partial charge in [0.1, 0.15) is 5.82 Å². The smallest absolute Gasteiger partial charge is 0.313 e. The van der Waals surface area contributed by atoms with Gasteiger partial charge >= 0.3 is 11.8 Å². The Bertz CT molecular complexity index is 510. The summed E-state index contributed by atoms with van der Waals surface area (Å²) >= 11 is 7.51. The highest BCUT2D eigenvalue weighted by molar-refractivity contribution is 9.10. The van der Waals surface area contributed by atoms with Crippen LogP contribution in [-0.2, 0) is 9.59 Å². The van der Waals surface area contributed by atoms with Crippen LogP contribution in [0.5, 0.6) is 0 Å². The fourth-order valence-electron chi connectivity index (χ4n) is 1.01. The van der Waals surface area contributed by atoms with Crippen molar-refractivity contribution in [3.8, 4) is 0 Å². The van der Waals surface area contributed by atoms with Gasteiger partial charge in [-0.2, -0.15) is 0 Å². The molecule has 0 unspecified atom stereocenters. The lowest BCUT2D eigenvalue weighted by Gasteiger charge is -2.06. The van der Waals surface area contributed by atoms with Gasteiger partial charge in [-0.25, -0.2) is 4.39 Å². The zero-order chi connectivity index (χ0) is 13.7. The molecular weight excluding hydrogens is 325 g/mol. The SMILES string of the molecule is NC(=S)CNC(=O)C(=O)Nc1ccc(F)c(Br)c1. The van der Waals surface area contributed by atoms with Crippen LogP contribution in [0.3, 0.4) is 0 Å². The van der Waals surface area contributed by atoms with Crippen LogP contribution in [0.15, 0.2) is 22.7 Å². The van der Waals surface area contributed by atoms with E-state index < -0.39 is 17.6 Å². The zero-order valence-corrected chi connectivity index (χ0v) is 11.4. The Labute approximate surface area is 116 Å². The third-order valence-electron chi connectivity index (χ3n) is 1.81. The molecule has 4 N–H and O–H groups in total. The van der Waals surface area contributed by atoms with Gasteiger partial charge in [-0.3, -0.25) is 9.59 Å². The van der Waals surface area contributed by atoms with Crippen molar-refractivity contribution in [3.05, 3.63) is 28.5 Å². The van der Waals surface area contributed by atoms with Crippen molar-refractivity contribution in [2.75, 3.05) is 11.9 Å². The second-order valence-electron chi connectivity index (χ2n) is 3.23. The summed E-state index contributed by atoms with van der Waals surface area (Å²) in [5.74, 6) is -2.22. The summed E-state index contributed by atoms with van der Waals surface area (Å²) in [7, 11) is 0. The van der Waals surface area contributed by atoms with Gasteiger partial charge in [-0.15, -0.1) is 0 Å². The van der Waals surface area contributed by atoms with Gasteiger partial charge in [0.2, 0.25) is 0 Å². The molecule has 0 atom stereocenters. The van der Waals surface area contributed by atoms with E-state index in [-0.39, 0.29) is 16.0 Å². The topological polar surface area (TPSA) is 84.2 Å². The Kier molecular flexibility index (Phi) is 5.17. The molecule has 1 aromatic carbocycles. The predicted octanol–water partition coefficient (Wildman–Crippen LogP) is 0.929. The first kappa shape index (κ1) is 14.5. The maximum absolute atomic E-state index is 12.9. The minimum atomic E-state index is -0.884. The lowest BCUT2D eigenvalue weighted by atomic mass is 10.3. The zero-order valence-electron chi connectivity index (χ0n) is 9.00. The summed E-state index contributed by atoms with van der Waals surface area (Å²) in [6.07, 6.45) is 0. The molecule has 1 rings (SSSR count). The highest BCUT2D eigenvalue weighted by Crippen LogP contribution is 2.19. The van der Waals surface area contributed by atoms with Crippen LogP contribution in [0.4, 0.5) is 10.1 Å². The molecule has 18 heavy (non-hydrogen) atoms. The van der Waals surface area contributed by atoms with Crippen LogP contribution >= 0.6 is 28.1 Å². The number of nitrogens with one attached hydrogen (secondary N) is 2. The summed E-state index contributed by atoms with van der Waals surface area (Å²) in [5.41, 5.74) is 5.46. The van der Waals surface area contributed by atoms with Gasteiger partial charge in [0.25, 0.3) is 0 Å². The quantitative estimate of drug-likeness (QED) is 0.567. The molecule has 0 saturated carbocycles. The van der Waals surface area contributed by atoms with Crippen LogP contribution in [0.25, 0.3) is 0 Å². The molecule has 2 amide bonds. The second-order valence-corrected chi connectivity index (χ2v) is 4.61. The number of amides is 2. The predicted molar refractivity (Wildman–Crippen MR) is 72.5 cm³/mol. The summed E-state index contributed by atoms with van der Waals surface area (Å²) < 4.78 is 13.1. The molecule has 5 nitrogen and oxygen atoms in total. The average molecular weight is 334 g/mol. The Morgan fingerprint density at radius 1 is 1.39 bits per heavy atom. The molecule has 0 saturated heterocycles. The maximum Gasteiger partial charge on any atom is 0.313 e. The number of benzene rings is 1. The van der Waals surface area contributed by atoms with Gasteiger partial charge < -0.3 is 16.4 Å². The monoisotopic (exact) mass is 333 g/mol. The summed E-state index contributed by atoms with van der Waals surface area (Å²) in [6.45, 7) is -0.0608. The van der Waals surface area contributed by atoms with Gasteiger partial charge in [0.05, 0.1) is 16.0 Å². The first-order valence-electron chi connectivity index (χ1n) is 4.72. The van der Waals surface area contributed by atoms with E-state index in [2.05, 4.69) is 38.8 Å². The first-order chi connectivity index (χ1) is 8.40. The number of hydrogen-bond donors (Lipinski definition) is 3. The Balaban J connectivity index is 2.61. The summed E-state index contributed by atoms with van der Waals surface area (Å²) in [6, 6.07) is 3.83. The van der Waals surface area contributed by atoms with Crippen LogP contribution in [-0.4, -0.2) is 23.3 Å². The Hall–Kier alpha value is -1.54. The second kappa shape index (κ2) is 6.41. The highest BCUT2D eigenvalue weighted by Gasteiger charge is 2.13. The van der Waals surface area contributed by atoms with E-state index >= 15 is 0 Å². The normalized spacial score (nSPS) is 9.67. The van der Waals surface area contributed by atoms with Crippen molar-refractivity contribution in [2.45, 2.75) is 0 Å². The molecule has 0 aromatic heterocycles. The van der Waals surface area contributed by atoms with E-state index in [1.54, 1.807) is 0 Å². The largest absolute Gasteiger partial charge is 0.392 e. The van der Waals surface area contributed by atoms with Crippen molar-refractivity contribution in [2.24, 2.45) is 5.73 Å². The lowest BCUT2D eigenvalue weighted by Crippen LogP contribution is -2.39. The van der Waals surface area contributed by atoms with Crippen molar-refractivity contribution in [1.29, 1.82) is 0 Å². The van der Waals surface area contributed by atoms with Crippen molar-refractivity contribution < 1.29 is 14.0 Å². The third kappa shape index (κ3) is 4.38. The first-order valence-corrected chi connectivity index (χ1v) is 5.93.